The first kappa shape index (κ1) is 20.1. The molecule has 0 amide bonds. The highest BCUT2D eigenvalue weighted by Gasteiger charge is 2.12. The fourth-order valence-electron chi connectivity index (χ4n) is 2.83. The van der Waals surface area contributed by atoms with Crippen LogP contribution in [0.5, 0.6) is 11.5 Å². The number of benzene rings is 3. The van der Waals surface area contributed by atoms with Gasteiger partial charge in [0.25, 0.3) is 0 Å². The second kappa shape index (κ2) is 9.02. The van der Waals surface area contributed by atoms with Crippen LogP contribution in [-0.2, 0) is 6.61 Å². The summed E-state index contributed by atoms with van der Waals surface area (Å²) in [7, 11) is 1.59. The topological polar surface area (TPSA) is 30.8 Å². The van der Waals surface area contributed by atoms with Crippen LogP contribution in [0.1, 0.15) is 22.3 Å². The molecule has 0 saturated heterocycles. The monoisotopic (exact) mass is 441 g/mol. The zero-order valence-corrected chi connectivity index (χ0v) is 17.6. The SMILES string of the molecule is COc1cc(C=Nc2ccc(C)cc2C)cc(Br)c1OCc1cccc(F)c1. The van der Waals surface area contributed by atoms with E-state index in [1.807, 2.05) is 37.3 Å². The zero-order valence-electron chi connectivity index (χ0n) is 16.0. The molecule has 3 nitrogen and oxygen atoms in total. The van der Waals surface area contributed by atoms with Gasteiger partial charge in [0.15, 0.2) is 11.5 Å². The van der Waals surface area contributed by atoms with Gasteiger partial charge >= 0.3 is 0 Å². The van der Waals surface area contributed by atoms with E-state index >= 15 is 0 Å². The molecular weight excluding hydrogens is 421 g/mol. The third-order valence-corrected chi connectivity index (χ3v) is 4.82. The lowest BCUT2D eigenvalue weighted by molar-refractivity contribution is 0.282. The summed E-state index contributed by atoms with van der Waals surface area (Å²) in [5.41, 5.74) is 4.88. The summed E-state index contributed by atoms with van der Waals surface area (Å²) in [4.78, 5) is 4.58. The number of aliphatic imine (C=N–C) groups is 1. The van der Waals surface area contributed by atoms with Crippen LogP contribution in [0.2, 0.25) is 0 Å². The Bertz CT molecular complexity index is 1020. The maximum Gasteiger partial charge on any atom is 0.175 e. The minimum absolute atomic E-state index is 0.239. The molecule has 0 heterocycles. The number of methoxy groups -OCH3 is 1. The van der Waals surface area contributed by atoms with Gasteiger partial charge in [-0.2, -0.15) is 0 Å². The van der Waals surface area contributed by atoms with E-state index < -0.39 is 0 Å². The van der Waals surface area contributed by atoms with Crippen LogP contribution in [-0.4, -0.2) is 13.3 Å². The van der Waals surface area contributed by atoms with Crippen molar-refractivity contribution in [1.29, 1.82) is 0 Å². The summed E-state index contributed by atoms with van der Waals surface area (Å²) < 4.78 is 25.4. The molecule has 0 bridgehead atoms. The van der Waals surface area contributed by atoms with Crippen LogP contribution in [0.4, 0.5) is 10.1 Å². The van der Waals surface area contributed by atoms with E-state index in [1.165, 1.54) is 17.7 Å². The van der Waals surface area contributed by atoms with Gasteiger partial charge in [-0.05, 0) is 76.8 Å². The third-order valence-electron chi connectivity index (χ3n) is 4.23. The molecule has 3 aromatic carbocycles. The number of halogens is 2. The molecular formula is C23H21BrFNO2. The van der Waals surface area contributed by atoms with Crippen molar-refractivity contribution in [1.82, 2.24) is 0 Å². The van der Waals surface area contributed by atoms with E-state index in [2.05, 4.69) is 33.9 Å². The number of nitrogens with zero attached hydrogens (tertiary/aromatic N) is 1. The first-order chi connectivity index (χ1) is 13.5. The molecule has 0 radical (unpaired) electrons. The summed E-state index contributed by atoms with van der Waals surface area (Å²) in [5, 5.41) is 0. The van der Waals surface area contributed by atoms with Gasteiger partial charge in [-0.3, -0.25) is 4.99 Å². The van der Waals surface area contributed by atoms with Crippen LogP contribution in [0.3, 0.4) is 0 Å². The Labute approximate surface area is 173 Å². The Morgan fingerprint density at radius 2 is 1.89 bits per heavy atom. The van der Waals surface area contributed by atoms with Gasteiger partial charge < -0.3 is 9.47 Å². The van der Waals surface area contributed by atoms with Crippen LogP contribution in [0.15, 0.2) is 64.1 Å². The fourth-order valence-corrected chi connectivity index (χ4v) is 3.41. The first-order valence-corrected chi connectivity index (χ1v) is 9.61. The fraction of sp³-hybridized carbons (Fsp3) is 0.174. The van der Waals surface area contributed by atoms with Crippen LogP contribution < -0.4 is 9.47 Å². The molecule has 0 unspecified atom stereocenters. The number of hydrogen-bond donors (Lipinski definition) is 0. The predicted molar refractivity (Wildman–Crippen MR) is 115 cm³/mol. The molecule has 3 aromatic rings. The van der Waals surface area contributed by atoms with Crippen molar-refractivity contribution in [3.8, 4) is 11.5 Å². The van der Waals surface area contributed by atoms with Gasteiger partial charge in [0.2, 0.25) is 0 Å². The van der Waals surface area contributed by atoms with Crippen molar-refractivity contribution in [3.05, 3.63) is 87.1 Å². The standard InChI is InChI=1S/C23H21BrFNO2/c1-15-7-8-21(16(2)9-15)26-13-18-11-20(24)23(22(12-18)27-3)28-14-17-5-4-6-19(25)10-17/h4-13H,14H2,1-3H3. The van der Waals surface area contributed by atoms with E-state index in [0.717, 1.165) is 26.9 Å². The summed E-state index contributed by atoms with van der Waals surface area (Å²) >= 11 is 3.54. The van der Waals surface area contributed by atoms with E-state index in [1.54, 1.807) is 19.4 Å². The molecule has 0 atom stereocenters. The molecule has 3 rings (SSSR count). The van der Waals surface area contributed by atoms with Gasteiger partial charge in [-0.15, -0.1) is 0 Å². The van der Waals surface area contributed by atoms with Crippen molar-refractivity contribution < 1.29 is 13.9 Å². The Balaban J connectivity index is 1.81. The third kappa shape index (κ3) is 4.98. The van der Waals surface area contributed by atoms with E-state index in [4.69, 9.17) is 9.47 Å². The van der Waals surface area contributed by atoms with Crippen LogP contribution >= 0.6 is 15.9 Å². The van der Waals surface area contributed by atoms with E-state index in [-0.39, 0.29) is 12.4 Å². The van der Waals surface area contributed by atoms with Crippen molar-refractivity contribution >= 4 is 27.8 Å². The maximum atomic E-state index is 13.3. The average Bonchev–Trinajstić information content (AvgIpc) is 2.66. The quantitative estimate of drug-likeness (QED) is 0.406. The smallest absolute Gasteiger partial charge is 0.175 e. The maximum absolute atomic E-state index is 13.3. The average molecular weight is 442 g/mol. The second-order valence-electron chi connectivity index (χ2n) is 6.50. The van der Waals surface area contributed by atoms with E-state index in [9.17, 15) is 4.39 Å². The number of hydrogen-bond acceptors (Lipinski definition) is 3. The number of rotatable bonds is 6. The Morgan fingerprint density at radius 3 is 2.61 bits per heavy atom. The molecule has 28 heavy (non-hydrogen) atoms. The van der Waals surface area contributed by atoms with Gasteiger partial charge in [0, 0.05) is 6.21 Å². The van der Waals surface area contributed by atoms with Crippen LogP contribution in [0, 0.1) is 19.7 Å². The minimum Gasteiger partial charge on any atom is -0.493 e. The molecule has 5 heteroatoms. The first-order valence-electron chi connectivity index (χ1n) is 8.82. The predicted octanol–water partition coefficient (Wildman–Crippen LogP) is 6.54. The lowest BCUT2D eigenvalue weighted by Gasteiger charge is -2.13. The van der Waals surface area contributed by atoms with Gasteiger partial charge in [-0.25, -0.2) is 4.39 Å². The molecule has 144 valence electrons. The summed E-state index contributed by atoms with van der Waals surface area (Å²) in [6, 6.07) is 16.3. The molecule has 0 fully saturated rings. The summed E-state index contributed by atoms with van der Waals surface area (Å²) in [6.07, 6.45) is 1.79. The van der Waals surface area contributed by atoms with Gasteiger partial charge in [0.1, 0.15) is 12.4 Å². The molecule has 0 aromatic heterocycles. The van der Waals surface area contributed by atoms with Crippen molar-refractivity contribution in [2.24, 2.45) is 4.99 Å². The molecule has 0 spiro atoms. The van der Waals surface area contributed by atoms with Gasteiger partial charge in [0.05, 0.1) is 17.3 Å². The van der Waals surface area contributed by atoms with Crippen molar-refractivity contribution in [2.45, 2.75) is 20.5 Å². The molecule has 0 aliphatic heterocycles. The zero-order chi connectivity index (χ0) is 20.1. The Morgan fingerprint density at radius 1 is 1.07 bits per heavy atom. The highest BCUT2D eigenvalue weighted by Crippen LogP contribution is 2.37. The highest BCUT2D eigenvalue weighted by molar-refractivity contribution is 9.10. The van der Waals surface area contributed by atoms with E-state index in [0.29, 0.717) is 11.5 Å². The highest BCUT2D eigenvalue weighted by atomic mass is 79.9. The number of aryl methyl sites for hydroxylation is 2. The molecule has 0 N–H and O–H groups in total. The minimum atomic E-state index is -0.287. The Kier molecular flexibility index (Phi) is 6.47. The molecule has 0 aliphatic rings. The van der Waals surface area contributed by atoms with Crippen molar-refractivity contribution in [2.75, 3.05) is 7.11 Å². The van der Waals surface area contributed by atoms with Crippen LogP contribution in [0.25, 0.3) is 0 Å². The lowest BCUT2D eigenvalue weighted by Crippen LogP contribution is -2.00. The summed E-state index contributed by atoms with van der Waals surface area (Å²) in [5.74, 6) is 0.855. The largest absolute Gasteiger partial charge is 0.493 e. The Hall–Kier alpha value is -2.66. The second-order valence-corrected chi connectivity index (χ2v) is 7.36. The normalized spacial score (nSPS) is 11.0. The van der Waals surface area contributed by atoms with Crippen molar-refractivity contribution in [3.63, 3.8) is 0 Å². The molecule has 0 aliphatic carbocycles. The van der Waals surface area contributed by atoms with Gasteiger partial charge in [-0.1, -0.05) is 29.8 Å². The number of ether oxygens (including phenoxy) is 2. The summed E-state index contributed by atoms with van der Waals surface area (Å²) in [6.45, 7) is 4.34. The molecule has 0 saturated carbocycles. The lowest BCUT2D eigenvalue weighted by atomic mass is 10.1.